The highest BCUT2D eigenvalue weighted by atomic mass is 16.5. The second-order valence-corrected chi connectivity index (χ2v) is 17.3. The van der Waals surface area contributed by atoms with Gasteiger partial charge in [0.05, 0.1) is 36.4 Å². The van der Waals surface area contributed by atoms with Crippen LogP contribution in [0.1, 0.15) is 107 Å². The molecular weight excluding hydrogens is 596 g/mol. The monoisotopic (exact) mass is 656 g/mol. The van der Waals surface area contributed by atoms with Crippen molar-refractivity contribution in [3.63, 3.8) is 0 Å². The van der Waals surface area contributed by atoms with Crippen LogP contribution in [0.15, 0.2) is 34.9 Å². The molecule has 47 heavy (non-hydrogen) atoms. The molecule has 4 N–H and O–H groups in total. The smallest absolute Gasteiger partial charge is 0.333 e. The average molecular weight is 657 g/mol. The van der Waals surface area contributed by atoms with Gasteiger partial charge in [0, 0.05) is 16.6 Å². The Morgan fingerprint density at radius 1 is 0.787 bits per heavy atom. The lowest BCUT2D eigenvalue weighted by Crippen LogP contribution is -2.69. The van der Waals surface area contributed by atoms with Gasteiger partial charge in [-0.1, -0.05) is 58.4 Å². The fourth-order valence-electron chi connectivity index (χ4n) is 11.3. The van der Waals surface area contributed by atoms with Crippen LogP contribution in [0.4, 0.5) is 0 Å². The minimum Gasteiger partial charge on any atom is -0.462 e. The molecule has 5 aliphatic carbocycles. The Bertz CT molecular complexity index is 1350. The molecule has 264 valence electrons. The summed E-state index contributed by atoms with van der Waals surface area (Å²) < 4.78 is 11.7. The number of carbonyl (C=O) groups excluding carboxylic acids is 2. The van der Waals surface area contributed by atoms with Gasteiger partial charge < -0.3 is 29.9 Å². The highest BCUT2D eigenvalue weighted by Crippen LogP contribution is 2.72. The van der Waals surface area contributed by atoms with Gasteiger partial charge >= 0.3 is 11.9 Å². The van der Waals surface area contributed by atoms with Crippen molar-refractivity contribution < 1.29 is 39.5 Å². The Labute approximate surface area is 281 Å². The molecule has 0 bridgehead atoms. The lowest BCUT2D eigenvalue weighted by molar-refractivity contribution is -0.247. The highest BCUT2D eigenvalue weighted by Gasteiger charge is 2.69. The van der Waals surface area contributed by atoms with E-state index in [1.165, 1.54) is 5.57 Å². The third-order valence-electron chi connectivity index (χ3n) is 14.6. The molecule has 0 heterocycles. The maximum Gasteiger partial charge on any atom is 0.333 e. The summed E-state index contributed by atoms with van der Waals surface area (Å²) in [6.45, 7) is 17.8. The van der Waals surface area contributed by atoms with E-state index >= 15 is 0 Å². The molecule has 4 fully saturated rings. The zero-order chi connectivity index (χ0) is 34.9. The summed E-state index contributed by atoms with van der Waals surface area (Å²) in [6, 6.07) is 0. The zero-order valence-corrected chi connectivity index (χ0v) is 30.1. The largest absolute Gasteiger partial charge is 0.462 e. The summed E-state index contributed by atoms with van der Waals surface area (Å²) in [5.41, 5.74) is -0.419. The average Bonchev–Trinajstić information content (AvgIpc) is 3.03. The molecule has 0 aromatic heterocycles. The van der Waals surface area contributed by atoms with Crippen LogP contribution >= 0.6 is 0 Å². The van der Waals surface area contributed by atoms with E-state index in [0.717, 1.165) is 25.7 Å². The first kappa shape index (κ1) is 36.3. The van der Waals surface area contributed by atoms with E-state index in [1.807, 2.05) is 20.8 Å². The fraction of sp³-hybridized carbons (Fsp3) is 0.795. The Hall–Kier alpha value is -2.00. The Kier molecular flexibility index (Phi) is 9.57. The first-order valence-electron chi connectivity index (χ1n) is 17.9. The minimum absolute atomic E-state index is 0.0617. The first-order valence-corrected chi connectivity index (χ1v) is 17.9. The molecule has 0 spiro atoms. The maximum absolute atomic E-state index is 12.8. The molecule has 0 aromatic carbocycles. The molecule has 4 saturated carbocycles. The molecule has 0 radical (unpaired) electrons. The lowest BCUT2D eigenvalue weighted by Gasteiger charge is -2.69. The maximum atomic E-state index is 12.8. The van der Waals surface area contributed by atoms with E-state index in [0.29, 0.717) is 30.4 Å². The molecule has 5 aliphatic rings. The van der Waals surface area contributed by atoms with Gasteiger partial charge in [-0.25, -0.2) is 9.59 Å². The van der Waals surface area contributed by atoms with Crippen LogP contribution < -0.4 is 0 Å². The van der Waals surface area contributed by atoms with Crippen molar-refractivity contribution in [2.45, 2.75) is 132 Å². The number of hydrogen-bond donors (Lipinski definition) is 4. The number of fused-ring (bicyclic) bond motifs is 7. The number of aliphatic hydroxyl groups excluding tert-OH is 4. The van der Waals surface area contributed by atoms with Crippen molar-refractivity contribution in [1.29, 1.82) is 0 Å². The van der Waals surface area contributed by atoms with Crippen molar-refractivity contribution in [3.8, 4) is 0 Å². The Morgan fingerprint density at radius 3 is 1.96 bits per heavy atom. The quantitative estimate of drug-likeness (QED) is 0.163. The van der Waals surface area contributed by atoms with Crippen LogP contribution in [-0.4, -0.2) is 70.0 Å². The van der Waals surface area contributed by atoms with Crippen LogP contribution in [0.3, 0.4) is 0 Å². The van der Waals surface area contributed by atoms with Crippen LogP contribution in [0, 0.1) is 50.7 Å². The summed E-state index contributed by atoms with van der Waals surface area (Å²) in [5, 5.41) is 46.8. The van der Waals surface area contributed by atoms with Crippen LogP contribution in [-0.2, 0) is 19.1 Å². The van der Waals surface area contributed by atoms with E-state index in [4.69, 9.17) is 9.47 Å². The lowest BCUT2D eigenvalue weighted by atomic mass is 9.36. The molecule has 0 aliphatic heterocycles. The van der Waals surface area contributed by atoms with Crippen molar-refractivity contribution in [1.82, 2.24) is 0 Å². The Morgan fingerprint density at radius 2 is 1.36 bits per heavy atom. The van der Waals surface area contributed by atoms with Gasteiger partial charge in [-0.05, 0) is 113 Å². The molecule has 0 aromatic rings. The number of carbonyl (C=O) groups is 2. The van der Waals surface area contributed by atoms with Crippen molar-refractivity contribution >= 4 is 11.9 Å². The predicted molar refractivity (Wildman–Crippen MR) is 180 cm³/mol. The van der Waals surface area contributed by atoms with Gasteiger partial charge in [0.1, 0.15) is 6.61 Å². The third kappa shape index (κ3) is 5.39. The summed E-state index contributed by atoms with van der Waals surface area (Å²) in [7, 11) is 0. The number of esters is 2. The number of ether oxygens (including phenoxy) is 2. The molecule has 8 heteroatoms. The topological polar surface area (TPSA) is 134 Å². The van der Waals surface area contributed by atoms with Crippen molar-refractivity contribution in [2.75, 3.05) is 13.2 Å². The van der Waals surface area contributed by atoms with Crippen molar-refractivity contribution in [3.05, 3.63) is 34.9 Å². The summed E-state index contributed by atoms with van der Waals surface area (Å²) in [5.74, 6) is -0.590. The van der Waals surface area contributed by atoms with Gasteiger partial charge in [0.15, 0.2) is 0 Å². The minimum atomic E-state index is -1.26. The molecule has 0 amide bonds. The fourth-order valence-corrected chi connectivity index (χ4v) is 11.3. The van der Waals surface area contributed by atoms with Crippen molar-refractivity contribution in [2.24, 2.45) is 50.7 Å². The van der Waals surface area contributed by atoms with Crippen LogP contribution in [0.5, 0.6) is 0 Å². The van der Waals surface area contributed by atoms with Gasteiger partial charge in [0.25, 0.3) is 0 Å². The van der Waals surface area contributed by atoms with Crippen LogP contribution in [0.2, 0.25) is 0 Å². The predicted octanol–water partition coefficient (Wildman–Crippen LogP) is 5.67. The van der Waals surface area contributed by atoms with Crippen LogP contribution in [0.25, 0.3) is 0 Å². The van der Waals surface area contributed by atoms with E-state index in [2.05, 4.69) is 26.8 Å². The van der Waals surface area contributed by atoms with E-state index < -0.39 is 46.6 Å². The van der Waals surface area contributed by atoms with E-state index in [-0.39, 0.29) is 53.7 Å². The summed E-state index contributed by atoms with van der Waals surface area (Å²) >= 11 is 0. The zero-order valence-electron chi connectivity index (χ0n) is 30.1. The molecule has 5 rings (SSSR count). The molecular formula is C39H60O8. The second kappa shape index (κ2) is 12.4. The molecule has 8 nitrogen and oxygen atoms in total. The number of aliphatic hydroxyl groups is 4. The summed E-state index contributed by atoms with van der Waals surface area (Å²) in [6.07, 6.45) is 7.00. The van der Waals surface area contributed by atoms with Gasteiger partial charge in [-0.15, -0.1) is 0 Å². The van der Waals surface area contributed by atoms with E-state index in [1.54, 1.807) is 32.9 Å². The van der Waals surface area contributed by atoms with E-state index in [9.17, 15) is 30.0 Å². The molecule has 0 saturated heterocycles. The highest BCUT2D eigenvalue weighted by molar-refractivity contribution is 5.88. The van der Waals surface area contributed by atoms with Gasteiger partial charge in [0.2, 0.25) is 0 Å². The third-order valence-corrected chi connectivity index (χ3v) is 14.6. The SMILES string of the molecule is C/C=C(/C)C(=O)OC[C@@]12C(CC(C)(C)[C@@H](O)[C@@H]1O)C1=CCC3[C@@](C)(CCC4[C@]3(C)CC[C@H](O)[C@]4(C)COC(=O)/C(C)=C\C)C1C[C@H]2O. The number of allylic oxidation sites excluding steroid dienone is 4. The first-order chi connectivity index (χ1) is 21.8. The molecule has 4 unspecified atom stereocenters. The molecule has 12 atom stereocenters. The Balaban J connectivity index is 1.52. The number of rotatable bonds is 6. The second-order valence-electron chi connectivity index (χ2n) is 17.3. The number of hydrogen-bond acceptors (Lipinski definition) is 8. The summed E-state index contributed by atoms with van der Waals surface area (Å²) in [4.78, 5) is 25.5. The standard InChI is InChI=1S/C39H60O8/c1-10-22(3)33(44)46-20-38(9)28-14-16-36(7)25-18-30(41)39(21-47-34(45)23(4)11-2)26(19-35(5,6)31(42)32(39)43)24(25)12-13-27(36)37(28,8)17-15-29(38)40/h10-12,25-32,40-43H,13-21H2,1-9H3/b22-10-,23-11-/t25?,26?,27?,28?,29-,30+,31-,32-,36-,37+,38+,39-/m0/s1. The normalized spacial score (nSPS) is 46.2. The van der Waals surface area contributed by atoms with Gasteiger partial charge in [-0.3, -0.25) is 0 Å². The van der Waals surface area contributed by atoms with Gasteiger partial charge in [-0.2, -0.15) is 0 Å².